The second-order valence-electron chi connectivity index (χ2n) is 16.7. The molecule has 0 aliphatic carbocycles. The van der Waals surface area contributed by atoms with Crippen LogP contribution < -0.4 is 0 Å². The summed E-state index contributed by atoms with van der Waals surface area (Å²) in [7, 11) is 0. The molecule has 0 amide bonds. The summed E-state index contributed by atoms with van der Waals surface area (Å²) in [4.78, 5) is 37.9. The molecular weight excluding hydrogens is 757 g/mol. The fourth-order valence-corrected chi connectivity index (χ4v) is 6.82. The van der Waals surface area contributed by atoms with Crippen LogP contribution in [0, 0.1) is 0 Å². The van der Waals surface area contributed by atoms with E-state index in [2.05, 4.69) is 93.7 Å². The van der Waals surface area contributed by atoms with Gasteiger partial charge in [-0.1, -0.05) is 190 Å². The molecule has 61 heavy (non-hydrogen) atoms. The first-order chi connectivity index (χ1) is 30.0. The molecule has 0 fully saturated rings. The van der Waals surface area contributed by atoms with Crippen molar-refractivity contribution in [2.24, 2.45) is 0 Å². The third-order valence-electron chi connectivity index (χ3n) is 10.7. The van der Waals surface area contributed by atoms with Crippen LogP contribution in [0.2, 0.25) is 0 Å². The molecule has 0 saturated carbocycles. The van der Waals surface area contributed by atoms with E-state index in [-0.39, 0.29) is 31.1 Å². The number of esters is 3. The van der Waals surface area contributed by atoms with Crippen molar-refractivity contribution in [1.29, 1.82) is 0 Å². The maximum Gasteiger partial charge on any atom is 0.306 e. The average Bonchev–Trinajstić information content (AvgIpc) is 3.26. The average molecular weight is 851 g/mol. The summed E-state index contributed by atoms with van der Waals surface area (Å²) in [5.41, 5.74) is 0. The number of carbonyl (C=O) groups excluding carboxylic acids is 3. The van der Waals surface area contributed by atoms with Gasteiger partial charge in [-0.15, -0.1) is 0 Å². The number of hydrogen-bond donors (Lipinski definition) is 0. The second-order valence-corrected chi connectivity index (χ2v) is 16.7. The van der Waals surface area contributed by atoms with Crippen molar-refractivity contribution < 1.29 is 28.6 Å². The lowest BCUT2D eigenvalue weighted by Gasteiger charge is -2.18. The fraction of sp³-hybridized carbons (Fsp3) is 0.727. The fourth-order valence-electron chi connectivity index (χ4n) is 6.82. The van der Waals surface area contributed by atoms with Crippen LogP contribution in [0.4, 0.5) is 0 Å². The van der Waals surface area contributed by atoms with Crippen LogP contribution in [-0.2, 0) is 28.6 Å². The van der Waals surface area contributed by atoms with E-state index in [1.807, 2.05) is 0 Å². The molecule has 0 rings (SSSR count). The molecule has 0 N–H and O–H groups in total. The Hall–Kier alpha value is -3.15. The van der Waals surface area contributed by atoms with E-state index in [0.717, 1.165) is 116 Å². The van der Waals surface area contributed by atoms with E-state index >= 15 is 0 Å². The number of hydrogen-bond acceptors (Lipinski definition) is 6. The molecule has 0 unspecified atom stereocenters. The number of rotatable bonds is 45. The summed E-state index contributed by atoms with van der Waals surface area (Å²) in [5, 5.41) is 0. The highest BCUT2D eigenvalue weighted by molar-refractivity contribution is 5.71. The van der Waals surface area contributed by atoms with Crippen molar-refractivity contribution in [2.75, 3.05) is 13.2 Å². The summed E-state index contributed by atoms with van der Waals surface area (Å²) < 4.78 is 16.8. The van der Waals surface area contributed by atoms with Gasteiger partial charge in [-0.2, -0.15) is 0 Å². The minimum atomic E-state index is -0.790. The predicted octanol–water partition coefficient (Wildman–Crippen LogP) is 16.6. The zero-order valence-corrected chi connectivity index (χ0v) is 39.9. The van der Waals surface area contributed by atoms with E-state index in [4.69, 9.17) is 14.2 Å². The monoisotopic (exact) mass is 851 g/mol. The van der Waals surface area contributed by atoms with Crippen LogP contribution in [0.5, 0.6) is 0 Å². The molecule has 0 aromatic carbocycles. The maximum atomic E-state index is 12.8. The predicted molar refractivity (Wildman–Crippen MR) is 261 cm³/mol. The van der Waals surface area contributed by atoms with Crippen LogP contribution in [-0.4, -0.2) is 37.2 Å². The van der Waals surface area contributed by atoms with Gasteiger partial charge < -0.3 is 14.2 Å². The van der Waals surface area contributed by atoms with Crippen molar-refractivity contribution in [3.8, 4) is 0 Å². The number of ether oxygens (including phenoxy) is 3. The lowest BCUT2D eigenvalue weighted by Crippen LogP contribution is -2.30. The Morgan fingerprint density at radius 2 is 0.656 bits per heavy atom. The van der Waals surface area contributed by atoms with Gasteiger partial charge >= 0.3 is 17.9 Å². The van der Waals surface area contributed by atoms with Gasteiger partial charge in [-0.3, -0.25) is 14.4 Å². The molecule has 0 radical (unpaired) electrons. The van der Waals surface area contributed by atoms with Gasteiger partial charge in [0, 0.05) is 19.3 Å². The highest BCUT2D eigenvalue weighted by Crippen LogP contribution is 2.14. The van der Waals surface area contributed by atoms with Gasteiger partial charge in [-0.05, 0) is 103 Å². The van der Waals surface area contributed by atoms with E-state index in [1.54, 1.807) is 0 Å². The normalized spacial score (nSPS) is 12.6. The Morgan fingerprint density at radius 3 is 1.07 bits per heavy atom. The lowest BCUT2D eigenvalue weighted by atomic mass is 10.1. The van der Waals surface area contributed by atoms with Crippen molar-refractivity contribution in [1.82, 2.24) is 0 Å². The van der Waals surface area contributed by atoms with E-state index in [0.29, 0.717) is 19.3 Å². The molecule has 0 spiro atoms. The molecule has 0 aromatic heterocycles. The van der Waals surface area contributed by atoms with Gasteiger partial charge in [0.05, 0.1) is 0 Å². The Kier molecular flexibility index (Phi) is 46.9. The molecule has 0 aromatic rings. The summed E-state index contributed by atoms with van der Waals surface area (Å²) >= 11 is 0. The van der Waals surface area contributed by atoms with Crippen molar-refractivity contribution in [3.05, 3.63) is 72.9 Å². The topological polar surface area (TPSA) is 78.9 Å². The summed E-state index contributed by atoms with van der Waals surface area (Å²) in [6.07, 6.45) is 61.7. The molecule has 350 valence electrons. The minimum absolute atomic E-state index is 0.0896. The lowest BCUT2D eigenvalue weighted by molar-refractivity contribution is -0.167. The Morgan fingerprint density at radius 1 is 0.344 bits per heavy atom. The Balaban J connectivity index is 4.41. The van der Waals surface area contributed by atoms with Gasteiger partial charge in [-0.25, -0.2) is 0 Å². The molecule has 6 heteroatoms. The quantitative estimate of drug-likeness (QED) is 0.0263. The third-order valence-corrected chi connectivity index (χ3v) is 10.7. The SMILES string of the molecule is CC/C=C\C/C=C\C/C=C\CCCCCCCC(=O)O[C@@H](COC(=O)CCCCCCC/C=C\CCCC)COC(=O)CCCCCCCCC/C=C\C/C=C\CCCCC. The summed E-state index contributed by atoms with van der Waals surface area (Å²) in [6.45, 7) is 6.43. The first-order valence-electron chi connectivity index (χ1n) is 25.4. The highest BCUT2D eigenvalue weighted by Gasteiger charge is 2.19. The molecule has 0 saturated heterocycles. The van der Waals surface area contributed by atoms with Crippen LogP contribution in [0.25, 0.3) is 0 Å². The van der Waals surface area contributed by atoms with E-state index in [1.165, 1.54) is 83.5 Å². The minimum Gasteiger partial charge on any atom is -0.462 e. The Labute approximate surface area is 376 Å². The first kappa shape index (κ1) is 57.9. The van der Waals surface area contributed by atoms with E-state index < -0.39 is 6.10 Å². The van der Waals surface area contributed by atoms with Crippen LogP contribution >= 0.6 is 0 Å². The van der Waals surface area contributed by atoms with Crippen molar-refractivity contribution >= 4 is 17.9 Å². The zero-order chi connectivity index (χ0) is 44.4. The maximum absolute atomic E-state index is 12.8. The third kappa shape index (κ3) is 47.7. The molecule has 0 aliphatic heterocycles. The second kappa shape index (κ2) is 49.5. The zero-order valence-electron chi connectivity index (χ0n) is 39.9. The number of unbranched alkanes of at least 4 members (excludes halogenated alkanes) is 22. The molecule has 0 aliphatic rings. The first-order valence-corrected chi connectivity index (χ1v) is 25.4. The smallest absolute Gasteiger partial charge is 0.306 e. The van der Waals surface area contributed by atoms with Gasteiger partial charge in [0.2, 0.25) is 0 Å². The van der Waals surface area contributed by atoms with Crippen molar-refractivity contribution in [2.45, 2.75) is 245 Å². The summed E-state index contributed by atoms with van der Waals surface area (Å²) in [5.74, 6) is -0.924. The number of carbonyl (C=O) groups is 3. The van der Waals surface area contributed by atoms with E-state index in [9.17, 15) is 14.4 Å². The number of allylic oxidation sites excluding steroid dienone is 12. The molecule has 1 atom stereocenters. The summed E-state index contributed by atoms with van der Waals surface area (Å²) in [6, 6.07) is 0. The van der Waals surface area contributed by atoms with Crippen LogP contribution in [0.3, 0.4) is 0 Å². The largest absolute Gasteiger partial charge is 0.462 e. The highest BCUT2D eigenvalue weighted by atomic mass is 16.6. The van der Waals surface area contributed by atoms with Gasteiger partial charge in [0.25, 0.3) is 0 Å². The van der Waals surface area contributed by atoms with Crippen LogP contribution in [0.15, 0.2) is 72.9 Å². The molecule has 0 heterocycles. The van der Waals surface area contributed by atoms with Crippen molar-refractivity contribution in [3.63, 3.8) is 0 Å². The molecule has 0 bridgehead atoms. The standard InChI is InChI=1S/C55H94O6/c1-4-7-10-13-16-19-22-24-26-27-29-30-33-36-39-42-45-48-54(57)60-51-52(50-59-53(56)47-44-41-38-35-32-21-18-15-12-9-6-3)61-55(58)49-46-43-40-37-34-31-28-25-23-20-17-14-11-8-5-2/h8,11,15-20,24-26,28,52H,4-7,9-10,12-14,21-23,27,29-51H2,1-3H3/b11-8-,18-15-,19-16-,20-17-,26-24-,28-25-/t52-/m0/s1. The molecule has 6 nitrogen and oxygen atoms in total. The Bertz CT molecular complexity index is 1160. The van der Waals surface area contributed by atoms with Crippen LogP contribution in [0.1, 0.15) is 239 Å². The van der Waals surface area contributed by atoms with Gasteiger partial charge in [0.15, 0.2) is 6.10 Å². The molecular formula is C55H94O6. The van der Waals surface area contributed by atoms with Gasteiger partial charge in [0.1, 0.15) is 13.2 Å².